The minimum Gasteiger partial charge on any atom is -0.478 e. The first-order valence-corrected chi connectivity index (χ1v) is 9.06. The Morgan fingerprint density at radius 2 is 1.66 bits per heavy atom. The van der Waals surface area contributed by atoms with Crippen LogP contribution in [0.4, 0.5) is 0 Å². The topological polar surface area (TPSA) is 94.8 Å². The number of hydrogen-bond acceptors (Lipinski definition) is 5. The van der Waals surface area contributed by atoms with Crippen LogP contribution in [0.3, 0.4) is 0 Å². The molecule has 1 heterocycles. The van der Waals surface area contributed by atoms with Gasteiger partial charge in [-0.15, -0.1) is 0 Å². The van der Waals surface area contributed by atoms with E-state index in [9.17, 15) is 19.5 Å². The van der Waals surface area contributed by atoms with Crippen LogP contribution >= 0.6 is 11.6 Å². The average Bonchev–Trinajstić information content (AvgIpc) is 2.87. The van der Waals surface area contributed by atoms with Crippen LogP contribution in [0, 0.1) is 6.92 Å². The lowest BCUT2D eigenvalue weighted by atomic mass is 10.1. The lowest BCUT2D eigenvalue weighted by molar-refractivity contribution is -0.132. The molecule has 0 aliphatic heterocycles. The van der Waals surface area contributed by atoms with Gasteiger partial charge in [-0.2, -0.15) is 0 Å². The molecule has 0 saturated carbocycles. The summed E-state index contributed by atoms with van der Waals surface area (Å²) in [5, 5.41) is 10.1. The van der Waals surface area contributed by atoms with E-state index in [0.29, 0.717) is 28.8 Å². The molecule has 8 heteroatoms. The molecule has 3 rings (SSSR count). The monoisotopic (exact) mass is 415 g/mol. The van der Waals surface area contributed by atoms with Crippen molar-refractivity contribution in [2.75, 3.05) is 0 Å². The summed E-state index contributed by atoms with van der Waals surface area (Å²) in [4.78, 5) is 34.2. The number of carboxylic acid groups (broad SMARTS) is 1. The number of esters is 2. The van der Waals surface area contributed by atoms with Crippen molar-refractivity contribution in [1.82, 2.24) is 4.57 Å². The summed E-state index contributed by atoms with van der Waals surface area (Å²) in [6.07, 6.45) is 0. The third-order valence-corrected chi connectivity index (χ3v) is 4.68. The molecular formula is C21H18ClNO6. The van der Waals surface area contributed by atoms with Gasteiger partial charge in [0, 0.05) is 25.8 Å². The Labute approximate surface area is 171 Å². The highest BCUT2D eigenvalue weighted by Crippen LogP contribution is 2.35. The number of fused-ring (bicyclic) bond motifs is 1. The smallest absolute Gasteiger partial charge is 0.339 e. The van der Waals surface area contributed by atoms with Crippen LogP contribution in [0.2, 0.25) is 5.15 Å². The highest BCUT2D eigenvalue weighted by atomic mass is 35.5. The Balaban J connectivity index is 2.08. The van der Waals surface area contributed by atoms with Crippen molar-refractivity contribution in [2.24, 2.45) is 0 Å². The van der Waals surface area contributed by atoms with Gasteiger partial charge in [0.1, 0.15) is 22.2 Å². The number of aryl methyl sites for hydroxylation is 1. The number of rotatable bonds is 5. The van der Waals surface area contributed by atoms with Gasteiger partial charge in [0.15, 0.2) is 0 Å². The predicted molar refractivity (Wildman–Crippen MR) is 107 cm³/mol. The maximum absolute atomic E-state index is 11.8. The molecule has 0 aliphatic carbocycles. The van der Waals surface area contributed by atoms with Crippen LogP contribution in [-0.4, -0.2) is 27.6 Å². The Morgan fingerprint density at radius 3 is 2.21 bits per heavy atom. The number of aromatic carboxylic acids is 1. The molecule has 0 amide bonds. The van der Waals surface area contributed by atoms with Crippen LogP contribution in [0.25, 0.3) is 10.9 Å². The molecule has 7 nitrogen and oxygen atoms in total. The van der Waals surface area contributed by atoms with Crippen LogP contribution in [0.15, 0.2) is 36.4 Å². The first-order valence-electron chi connectivity index (χ1n) is 8.68. The second-order valence-electron chi connectivity index (χ2n) is 6.52. The zero-order valence-corrected chi connectivity index (χ0v) is 16.7. The quantitative estimate of drug-likeness (QED) is 0.495. The third-order valence-electron chi connectivity index (χ3n) is 4.29. The molecule has 0 spiro atoms. The molecule has 0 fully saturated rings. The molecule has 0 unspecified atom stereocenters. The number of aromatic nitrogens is 1. The number of carboxylic acids is 1. The predicted octanol–water partition coefficient (Wildman–Crippen LogP) is 4.20. The SMILES string of the molecule is CC(=O)Oc1ccc(Cn2c(Cl)c(C(=O)O)c3cc(OC(C)=O)c(C)cc32)cc1. The summed E-state index contributed by atoms with van der Waals surface area (Å²) in [6.45, 7) is 4.66. The standard InChI is InChI=1S/C21H18ClNO6/c1-11-8-17-16(9-18(11)29-13(3)25)19(21(26)27)20(22)23(17)10-14-4-6-15(7-5-14)28-12(2)24/h4-9H,10H2,1-3H3,(H,26,27). The van der Waals surface area contributed by atoms with Crippen LogP contribution < -0.4 is 9.47 Å². The molecule has 3 aromatic rings. The largest absolute Gasteiger partial charge is 0.478 e. The lowest BCUT2D eigenvalue weighted by Gasteiger charge is -2.10. The summed E-state index contributed by atoms with van der Waals surface area (Å²) < 4.78 is 11.9. The Morgan fingerprint density at radius 1 is 1.03 bits per heavy atom. The molecule has 150 valence electrons. The summed E-state index contributed by atoms with van der Waals surface area (Å²) in [6, 6.07) is 10.1. The van der Waals surface area contributed by atoms with E-state index in [0.717, 1.165) is 5.56 Å². The van der Waals surface area contributed by atoms with Crippen LogP contribution in [-0.2, 0) is 16.1 Å². The number of halogens is 1. The van der Waals surface area contributed by atoms with Crippen LogP contribution in [0.5, 0.6) is 11.5 Å². The molecule has 2 aromatic carbocycles. The molecule has 1 N–H and O–H groups in total. The minimum atomic E-state index is -1.18. The van der Waals surface area contributed by atoms with Gasteiger partial charge in [0.2, 0.25) is 0 Å². The van der Waals surface area contributed by atoms with Gasteiger partial charge in [-0.3, -0.25) is 9.59 Å². The Hall–Kier alpha value is -3.32. The van der Waals surface area contributed by atoms with E-state index in [1.807, 2.05) is 0 Å². The molecule has 0 aliphatic rings. The molecular weight excluding hydrogens is 398 g/mol. The van der Waals surface area contributed by atoms with E-state index in [2.05, 4.69) is 0 Å². The average molecular weight is 416 g/mol. The second-order valence-corrected chi connectivity index (χ2v) is 6.88. The number of carbonyl (C=O) groups is 3. The molecule has 0 bridgehead atoms. The van der Waals surface area contributed by atoms with Crippen molar-refractivity contribution >= 4 is 40.4 Å². The van der Waals surface area contributed by atoms with Crippen molar-refractivity contribution in [3.63, 3.8) is 0 Å². The van der Waals surface area contributed by atoms with Gasteiger partial charge in [0.25, 0.3) is 0 Å². The van der Waals surface area contributed by atoms with Crippen molar-refractivity contribution in [3.8, 4) is 11.5 Å². The molecule has 29 heavy (non-hydrogen) atoms. The van der Waals surface area contributed by atoms with Gasteiger partial charge >= 0.3 is 17.9 Å². The van der Waals surface area contributed by atoms with E-state index in [1.165, 1.54) is 19.9 Å². The lowest BCUT2D eigenvalue weighted by Crippen LogP contribution is -2.04. The highest BCUT2D eigenvalue weighted by molar-refractivity contribution is 6.35. The first kappa shape index (κ1) is 20.4. The van der Waals surface area contributed by atoms with E-state index < -0.39 is 17.9 Å². The normalized spacial score (nSPS) is 10.8. The molecule has 0 atom stereocenters. The van der Waals surface area contributed by atoms with E-state index in [4.69, 9.17) is 21.1 Å². The number of ether oxygens (including phenoxy) is 2. The Bertz CT molecular complexity index is 1130. The fraction of sp³-hybridized carbons (Fsp3) is 0.190. The minimum absolute atomic E-state index is 0.0633. The summed E-state index contributed by atoms with van der Waals surface area (Å²) in [7, 11) is 0. The van der Waals surface area contributed by atoms with Gasteiger partial charge < -0.3 is 19.1 Å². The van der Waals surface area contributed by atoms with Gasteiger partial charge in [-0.05, 0) is 42.3 Å². The van der Waals surface area contributed by atoms with Crippen molar-refractivity contribution in [2.45, 2.75) is 27.3 Å². The van der Waals surface area contributed by atoms with Crippen molar-refractivity contribution < 1.29 is 29.0 Å². The number of hydrogen-bond donors (Lipinski definition) is 1. The van der Waals surface area contributed by atoms with E-state index in [-0.39, 0.29) is 16.5 Å². The van der Waals surface area contributed by atoms with E-state index in [1.54, 1.807) is 41.8 Å². The zero-order valence-electron chi connectivity index (χ0n) is 16.0. The number of carbonyl (C=O) groups excluding carboxylic acids is 2. The molecule has 1 aromatic heterocycles. The van der Waals surface area contributed by atoms with Crippen molar-refractivity contribution in [3.05, 3.63) is 58.2 Å². The zero-order chi connectivity index (χ0) is 21.3. The maximum Gasteiger partial charge on any atom is 0.339 e. The first-order chi connectivity index (χ1) is 13.7. The third kappa shape index (κ3) is 4.25. The van der Waals surface area contributed by atoms with Crippen molar-refractivity contribution in [1.29, 1.82) is 0 Å². The molecule has 0 saturated heterocycles. The maximum atomic E-state index is 11.8. The number of nitrogens with zero attached hydrogens (tertiary/aromatic N) is 1. The van der Waals surface area contributed by atoms with Gasteiger partial charge in [-0.25, -0.2) is 4.79 Å². The summed E-state index contributed by atoms with van der Waals surface area (Å²) >= 11 is 6.41. The highest BCUT2D eigenvalue weighted by Gasteiger charge is 2.23. The Kier molecular flexibility index (Phi) is 5.61. The molecule has 0 radical (unpaired) electrons. The second kappa shape index (κ2) is 7.97. The summed E-state index contributed by atoms with van der Waals surface area (Å²) in [5.74, 6) is -1.39. The van der Waals surface area contributed by atoms with Gasteiger partial charge in [-0.1, -0.05) is 23.7 Å². The fourth-order valence-corrected chi connectivity index (χ4v) is 3.42. The fourth-order valence-electron chi connectivity index (χ4n) is 3.08. The number of benzene rings is 2. The van der Waals surface area contributed by atoms with Crippen LogP contribution in [0.1, 0.15) is 35.3 Å². The summed E-state index contributed by atoms with van der Waals surface area (Å²) in [5.41, 5.74) is 2.04. The van der Waals surface area contributed by atoms with Gasteiger partial charge in [0.05, 0.1) is 5.52 Å². The van der Waals surface area contributed by atoms with E-state index >= 15 is 0 Å².